The summed E-state index contributed by atoms with van der Waals surface area (Å²) >= 11 is 1.92. The van der Waals surface area contributed by atoms with E-state index in [0.29, 0.717) is 5.92 Å². The molecule has 1 unspecified atom stereocenters. The van der Waals surface area contributed by atoms with E-state index in [1.54, 1.807) is 6.21 Å². The summed E-state index contributed by atoms with van der Waals surface area (Å²) in [6.07, 6.45) is 2.80. The molecule has 0 bridgehead atoms. The molecular weight excluding hydrogens is 122 g/mol. The number of oxime groups is 1. The smallest absolute Gasteiger partial charge is 0.0475 e. The Morgan fingerprint density at radius 1 is 1.75 bits per heavy atom. The maximum atomic E-state index is 8.09. The summed E-state index contributed by atoms with van der Waals surface area (Å²) < 4.78 is 0. The maximum Gasteiger partial charge on any atom is 0.0475 e. The fraction of sp³-hybridized carbons (Fsp3) is 0.800. The van der Waals surface area contributed by atoms with Crippen molar-refractivity contribution in [3.8, 4) is 0 Å². The Morgan fingerprint density at radius 2 is 2.62 bits per heavy atom. The predicted octanol–water partition coefficient (Wildman–Crippen LogP) is 1.20. The van der Waals surface area contributed by atoms with Crippen molar-refractivity contribution in [2.75, 3.05) is 11.5 Å². The van der Waals surface area contributed by atoms with Gasteiger partial charge in [0, 0.05) is 17.9 Å². The van der Waals surface area contributed by atoms with E-state index in [9.17, 15) is 0 Å². The molecule has 1 saturated heterocycles. The molecule has 2 nitrogen and oxygen atoms in total. The van der Waals surface area contributed by atoms with Gasteiger partial charge in [0.15, 0.2) is 0 Å². The fourth-order valence-corrected chi connectivity index (χ4v) is 1.96. The molecule has 0 saturated carbocycles. The second-order valence-corrected chi connectivity index (χ2v) is 3.04. The zero-order valence-electron chi connectivity index (χ0n) is 4.58. The number of thioether (sulfide) groups is 1. The lowest BCUT2D eigenvalue weighted by atomic mass is 10.1. The minimum atomic E-state index is 0.532. The molecule has 1 N–H and O–H groups in total. The van der Waals surface area contributed by atoms with E-state index in [4.69, 9.17) is 5.21 Å². The normalized spacial score (nSPS) is 29.8. The zero-order valence-corrected chi connectivity index (χ0v) is 5.40. The molecule has 0 amide bonds. The van der Waals surface area contributed by atoms with Crippen LogP contribution in [0.25, 0.3) is 0 Å². The molecule has 1 rings (SSSR count). The van der Waals surface area contributed by atoms with Crippen molar-refractivity contribution in [2.24, 2.45) is 11.1 Å². The number of hydrogen-bond acceptors (Lipinski definition) is 3. The van der Waals surface area contributed by atoms with E-state index in [1.807, 2.05) is 11.8 Å². The van der Waals surface area contributed by atoms with E-state index >= 15 is 0 Å². The number of hydrogen-bond donors (Lipinski definition) is 1. The largest absolute Gasteiger partial charge is 0.411 e. The summed E-state index contributed by atoms with van der Waals surface area (Å²) in [6, 6.07) is 0. The van der Waals surface area contributed by atoms with Gasteiger partial charge >= 0.3 is 0 Å². The molecule has 1 fully saturated rings. The van der Waals surface area contributed by atoms with E-state index in [0.717, 1.165) is 5.75 Å². The summed E-state index contributed by atoms with van der Waals surface area (Å²) in [5, 5.41) is 11.1. The van der Waals surface area contributed by atoms with Crippen LogP contribution in [-0.4, -0.2) is 22.9 Å². The first-order valence-electron chi connectivity index (χ1n) is 2.69. The van der Waals surface area contributed by atoms with E-state index < -0.39 is 0 Å². The van der Waals surface area contributed by atoms with Crippen molar-refractivity contribution in [1.82, 2.24) is 0 Å². The van der Waals surface area contributed by atoms with E-state index in [2.05, 4.69) is 5.16 Å². The van der Waals surface area contributed by atoms with Gasteiger partial charge in [-0.3, -0.25) is 0 Å². The molecule has 1 atom stereocenters. The molecule has 46 valence electrons. The van der Waals surface area contributed by atoms with Crippen molar-refractivity contribution in [3.05, 3.63) is 0 Å². The van der Waals surface area contributed by atoms with Crippen LogP contribution in [0.4, 0.5) is 0 Å². The van der Waals surface area contributed by atoms with Crippen LogP contribution in [0.15, 0.2) is 5.16 Å². The minimum Gasteiger partial charge on any atom is -0.411 e. The first-order valence-corrected chi connectivity index (χ1v) is 3.84. The maximum absolute atomic E-state index is 8.09. The van der Waals surface area contributed by atoms with Crippen LogP contribution in [0.1, 0.15) is 6.42 Å². The van der Waals surface area contributed by atoms with Crippen LogP contribution < -0.4 is 0 Å². The summed E-state index contributed by atoms with van der Waals surface area (Å²) in [5.41, 5.74) is 0. The molecule has 0 radical (unpaired) electrons. The lowest BCUT2D eigenvalue weighted by Gasteiger charge is -1.92. The van der Waals surface area contributed by atoms with E-state index in [1.165, 1.54) is 12.2 Å². The molecule has 1 aliphatic rings. The SMILES string of the molecule is ON=CC1CCSC1. The quantitative estimate of drug-likeness (QED) is 0.329. The van der Waals surface area contributed by atoms with Gasteiger partial charge in [0.2, 0.25) is 0 Å². The summed E-state index contributed by atoms with van der Waals surface area (Å²) in [4.78, 5) is 0. The van der Waals surface area contributed by atoms with Gasteiger partial charge in [0.1, 0.15) is 0 Å². The summed E-state index contributed by atoms with van der Waals surface area (Å²) in [7, 11) is 0. The molecule has 1 heterocycles. The van der Waals surface area contributed by atoms with E-state index in [-0.39, 0.29) is 0 Å². The average Bonchev–Trinajstić information content (AvgIpc) is 2.19. The molecule has 0 spiro atoms. The Bertz CT molecular complexity index is 88.4. The third kappa shape index (κ3) is 1.40. The highest BCUT2D eigenvalue weighted by Crippen LogP contribution is 2.21. The molecule has 1 aliphatic heterocycles. The van der Waals surface area contributed by atoms with Crippen molar-refractivity contribution >= 4 is 18.0 Å². The van der Waals surface area contributed by atoms with Gasteiger partial charge in [-0.2, -0.15) is 11.8 Å². The van der Waals surface area contributed by atoms with Gasteiger partial charge in [0.25, 0.3) is 0 Å². The van der Waals surface area contributed by atoms with Crippen molar-refractivity contribution < 1.29 is 5.21 Å². The molecule has 0 aromatic heterocycles. The Hall–Kier alpha value is -0.180. The minimum absolute atomic E-state index is 0.532. The molecule has 0 aliphatic carbocycles. The third-order valence-corrected chi connectivity index (χ3v) is 2.43. The highest BCUT2D eigenvalue weighted by molar-refractivity contribution is 7.99. The predicted molar refractivity (Wildman–Crippen MR) is 35.7 cm³/mol. The van der Waals surface area contributed by atoms with Gasteiger partial charge in [0.05, 0.1) is 0 Å². The average molecular weight is 131 g/mol. The molecule has 0 aromatic carbocycles. The second kappa shape index (κ2) is 2.97. The molecular formula is C5H9NOS. The lowest BCUT2D eigenvalue weighted by Crippen LogP contribution is -1.97. The number of nitrogens with zero attached hydrogens (tertiary/aromatic N) is 1. The second-order valence-electron chi connectivity index (χ2n) is 1.89. The van der Waals surface area contributed by atoms with Gasteiger partial charge in [-0.05, 0) is 12.2 Å². The molecule has 0 aromatic rings. The van der Waals surface area contributed by atoms with Gasteiger partial charge in [-0.1, -0.05) is 0 Å². The van der Waals surface area contributed by atoms with Crippen molar-refractivity contribution in [2.45, 2.75) is 6.42 Å². The molecule has 3 heteroatoms. The van der Waals surface area contributed by atoms with Crippen LogP contribution in [0.3, 0.4) is 0 Å². The Labute approximate surface area is 53.0 Å². The van der Waals surface area contributed by atoms with Crippen LogP contribution in [0, 0.1) is 5.92 Å². The lowest BCUT2D eigenvalue weighted by molar-refractivity contribution is 0.318. The van der Waals surface area contributed by atoms with Crippen LogP contribution in [-0.2, 0) is 0 Å². The molecule has 8 heavy (non-hydrogen) atoms. The first kappa shape index (κ1) is 5.95. The van der Waals surface area contributed by atoms with Gasteiger partial charge < -0.3 is 5.21 Å². The topological polar surface area (TPSA) is 32.6 Å². The number of rotatable bonds is 1. The summed E-state index contributed by atoms with van der Waals surface area (Å²) in [6.45, 7) is 0. The standard InChI is InChI=1S/C5H9NOS/c7-6-3-5-1-2-8-4-5/h3,5,7H,1-2,4H2. The Balaban J connectivity index is 2.24. The highest BCUT2D eigenvalue weighted by Gasteiger charge is 2.12. The summed E-state index contributed by atoms with van der Waals surface area (Å²) in [5.74, 6) is 2.88. The van der Waals surface area contributed by atoms with Crippen molar-refractivity contribution in [1.29, 1.82) is 0 Å². The highest BCUT2D eigenvalue weighted by atomic mass is 32.2. The van der Waals surface area contributed by atoms with Gasteiger partial charge in [-0.15, -0.1) is 5.16 Å². The third-order valence-electron chi connectivity index (χ3n) is 1.24. The first-order chi connectivity index (χ1) is 3.93. The monoisotopic (exact) mass is 131 g/mol. The Kier molecular flexibility index (Phi) is 2.21. The Morgan fingerprint density at radius 3 is 3.12 bits per heavy atom. The van der Waals surface area contributed by atoms with Crippen LogP contribution in [0.2, 0.25) is 0 Å². The fourth-order valence-electron chi connectivity index (χ4n) is 0.765. The van der Waals surface area contributed by atoms with Crippen LogP contribution >= 0.6 is 11.8 Å². The van der Waals surface area contributed by atoms with Crippen molar-refractivity contribution in [3.63, 3.8) is 0 Å². The van der Waals surface area contributed by atoms with Crippen LogP contribution in [0.5, 0.6) is 0 Å². The van der Waals surface area contributed by atoms with Gasteiger partial charge in [-0.25, -0.2) is 0 Å². The zero-order chi connectivity index (χ0) is 5.82.